The molecule has 2 rings (SSSR count). The van der Waals surface area contributed by atoms with E-state index in [1.165, 1.54) is 19.3 Å². The highest BCUT2D eigenvalue weighted by atomic mass is 79.9. The van der Waals surface area contributed by atoms with Gasteiger partial charge >= 0.3 is 0 Å². The number of anilines is 1. The van der Waals surface area contributed by atoms with Gasteiger partial charge in [0.1, 0.15) is 0 Å². The van der Waals surface area contributed by atoms with Crippen LogP contribution in [0.25, 0.3) is 0 Å². The summed E-state index contributed by atoms with van der Waals surface area (Å²) in [7, 11) is 0. The van der Waals surface area contributed by atoms with Crippen LogP contribution in [0, 0.1) is 5.92 Å². The Morgan fingerprint density at radius 3 is 2.77 bits per heavy atom. The molecular weight excluding hydrogens is 362 g/mol. The van der Waals surface area contributed by atoms with E-state index in [1.807, 2.05) is 24.3 Å². The summed E-state index contributed by atoms with van der Waals surface area (Å²) >= 11 is 8.69. The summed E-state index contributed by atoms with van der Waals surface area (Å²) in [6.07, 6.45) is 4.93. The Kier molecular flexibility index (Phi) is 6.64. The lowest BCUT2D eigenvalue weighted by Crippen LogP contribution is -2.47. The zero-order valence-corrected chi connectivity index (χ0v) is 15.1. The molecule has 1 amide bonds. The van der Waals surface area contributed by atoms with Gasteiger partial charge in [-0.25, -0.2) is 0 Å². The lowest BCUT2D eigenvalue weighted by atomic mass is 9.86. The highest BCUT2D eigenvalue weighted by molar-refractivity contribution is 9.10. The minimum absolute atomic E-state index is 0.118. The summed E-state index contributed by atoms with van der Waals surface area (Å²) in [5, 5.41) is 9.71. The number of carbonyl (C=O) groups is 1. The second kappa shape index (κ2) is 8.48. The molecule has 0 saturated heterocycles. The van der Waals surface area contributed by atoms with E-state index < -0.39 is 0 Å². The average molecular weight is 384 g/mol. The zero-order chi connectivity index (χ0) is 15.9. The maximum Gasteiger partial charge on any atom is 0.243 e. The van der Waals surface area contributed by atoms with Crippen molar-refractivity contribution in [2.45, 2.75) is 38.6 Å². The minimum Gasteiger partial charge on any atom is -0.360 e. The Labute approximate surface area is 145 Å². The van der Waals surface area contributed by atoms with Crippen molar-refractivity contribution in [3.05, 3.63) is 28.7 Å². The fourth-order valence-electron chi connectivity index (χ4n) is 2.67. The number of nitrogens with one attached hydrogen (secondary N) is 3. The Balaban J connectivity index is 1.74. The highest BCUT2D eigenvalue weighted by Gasteiger charge is 2.21. The number of rotatable bonds is 4. The molecule has 1 saturated carbocycles. The van der Waals surface area contributed by atoms with Gasteiger partial charge < -0.3 is 16.0 Å². The first kappa shape index (κ1) is 17.2. The van der Waals surface area contributed by atoms with Crippen LogP contribution in [0.5, 0.6) is 0 Å². The molecular formula is C16H22BrN3OS. The summed E-state index contributed by atoms with van der Waals surface area (Å²) < 4.78 is 0.861. The van der Waals surface area contributed by atoms with E-state index in [0.29, 0.717) is 17.1 Å². The van der Waals surface area contributed by atoms with Gasteiger partial charge in [0, 0.05) is 10.5 Å². The van der Waals surface area contributed by atoms with Crippen molar-refractivity contribution in [1.82, 2.24) is 10.6 Å². The average Bonchev–Trinajstić information content (AvgIpc) is 2.50. The Hall–Kier alpha value is -1.14. The maximum absolute atomic E-state index is 11.9. The van der Waals surface area contributed by atoms with E-state index >= 15 is 0 Å². The van der Waals surface area contributed by atoms with Gasteiger partial charge in [0.25, 0.3) is 0 Å². The van der Waals surface area contributed by atoms with E-state index in [4.69, 9.17) is 12.2 Å². The molecule has 0 heterocycles. The molecule has 0 aromatic heterocycles. The number of halogens is 1. The van der Waals surface area contributed by atoms with Gasteiger partial charge in [-0.1, -0.05) is 31.9 Å². The summed E-state index contributed by atoms with van der Waals surface area (Å²) in [6.45, 7) is 2.41. The fourth-order valence-corrected chi connectivity index (χ4v) is 3.28. The smallest absolute Gasteiger partial charge is 0.243 e. The van der Waals surface area contributed by atoms with Gasteiger partial charge in [0.2, 0.25) is 5.91 Å². The minimum atomic E-state index is -0.118. The molecule has 0 radical (unpaired) electrons. The number of benzene rings is 1. The van der Waals surface area contributed by atoms with Crippen molar-refractivity contribution >= 4 is 44.9 Å². The Bertz CT molecular complexity index is 538. The molecule has 1 fully saturated rings. The molecule has 22 heavy (non-hydrogen) atoms. The van der Waals surface area contributed by atoms with Crippen molar-refractivity contribution in [3.63, 3.8) is 0 Å². The molecule has 1 aliphatic rings. The molecule has 3 N–H and O–H groups in total. The van der Waals surface area contributed by atoms with Gasteiger partial charge in [-0.3, -0.25) is 4.79 Å². The van der Waals surface area contributed by atoms with E-state index in [0.717, 1.165) is 16.6 Å². The third kappa shape index (κ3) is 5.25. The van der Waals surface area contributed by atoms with Gasteiger partial charge in [-0.05, 0) is 59.0 Å². The highest BCUT2D eigenvalue weighted by Crippen LogP contribution is 2.23. The molecule has 6 heteroatoms. The zero-order valence-electron chi connectivity index (χ0n) is 12.7. The van der Waals surface area contributed by atoms with Gasteiger partial charge in [0.15, 0.2) is 5.11 Å². The largest absolute Gasteiger partial charge is 0.360 e. The first-order chi connectivity index (χ1) is 10.6. The summed E-state index contributed by atoms with van der Waals surface area (Å²) in [5.74, 6) is 0.510. The third-order valence-corrected chi connectivity index (χ3v) is 4.94. The van der Waals surface area contributed by atoms with E-state index in [1.54, 1.807) is 0 Å². The molecule has 0 aliphatic heterocycles. The molecule has 0 unspecified atom stereocenters. The van der Waals surface area contributed by atoms with Crippen LogP contribution in [0.1, 0.15) is 32.6 Å². The molecule has 0 spiro atoms. The summed E-state index contributed by atoms with van der Waals surface area (Å²) in [4.78, 5) is 11.9. The number of thiocarbonyl (C=S) groups is 1. The van der Waals surface area contributed by atoms with Crippen molar-refractivity contribution in [1.29, 1.82) is 0 Å². The predicted molar refractivity (Wildman–Crippen MR) is 97.9 cm³/mol. The Morgan fingerprint density at radius 2 is 2.05 bits per heavy atom. The van der Waals surface area contributed by atoms with Crippen LogP contribution in [0.3, 0.4) is 0 Å². The summed E-state index contributed by atoms with van der Waals surface area (Å²) in [6, 6.07) is 7.94. The molecule has 0 bridgehead atoms. The van der Waals surface area contributed by atoms with Crippen LogP contribution in [-0.2, 0) is 4.79 Å². The maximum atomic E-state index is 11.9. The van der Waals surface area contributed by atoms with Crippen LogP contribution in [0.15, 0.2) is 28.7 Å². The Morgan fingerprint density at radius 1 is 1.32 bits per heavy atom. The van der Waals surface area contributed by atoms with Crippen molar-refractivity contribution in [3.8, 4) is 0 Å². The van der Waals surface area contributed by atoms with Gasteiger partial charge in [-0.15, -0.1) is 0 Å². The topological polar surface area (TPSA) is 53.2 Å². The number of hydrogen-bond acceptors (Lipinski definition) is 2. The fraction of sp³-hybridized carbons (Fsp3) is 0.500. The van der Waals surface area contributed by atoms with Crippen molar-refractivity contribution in [2.24, 2.45) is 5.92 Å². The normalized spacial score (nSPS) is 21.0. The van der Waals surface area contributed by atoms with Gasteiger partial charge in [-0.2, -0.15) is 0 Å². The third-order valence-electron chi connectivity index (χ3n) is 3.99. The second-order valence-electron chi connectivity index (χ2n) is 5.72. The van der Waals surface area contributed by atoms with Gasteiger partial charge in [0.05, 0.1) is 12.2 Å². The molecule has 120 valence electrons. The molecule has 2 atom stereocenters. The van der Waals surface area contributed by atoms with Crippen LogP contribution in [-0.4, -0.2) is 23.6 Å². The van der Waals surface area contributed by atoms with Crippen LogP contribution < -0.4 is 16.0 Å². The quantitative estimate of drug-likeness (QED) is 0.697. The number of carbonyl (C=O) groups excluding carboxylic acids is 1. The monoisotopic (exact) mass is 383 g/mol. The first-order valence-corrected chi connectivity index (χ1v) is 8.85. The van der Waals surface area contributed by atoms with Crippen molar-refractivity contribution < 1.29 is 4.79 Å². The predicted octanol–water partition coefficient (Wildman–Crippen LogP) is 3.43. The SMILES string of the molecule is C[C@@H]1CCCC[C@@H]1NC(=S)NCC(=O)Nc1ccccc1Br. The molecule has 1 aromatic rings. The lowest BCUT2D eigenvalue weighted by Gasteiger charge is -2.30. The second-order valence-corrected chi connectivity index (χ2v) is 6.99. The molecule has 1 aliphatic carbocycles. The molecule has 1 aromatic carbocycles. The summed E-state index contributed by atoms with van der Waals surface area (Å²) in [5.41, 5.74) is 0.758. The van der Waals surface area contributed by atoms with Crippen LogP contribution >= 0.6 is 28.1 Å². The molecule has 4 nitrogen and oxygen atoms in total. The van der Waals surface area contributed by atoms with Crippen molar-refractivity contribution in [2.75, 3.05) is 11.9 Å². The first-order valence-electron chi connectivity index (χ1n) is 7.65. The van der Waals surface area contributed by atoms with E-state index in [2.05, 4.69) is 38.8 Å². The number of hydrogen-bond donors (Lipinski definition) is 3. The van der Waals surface area contributed by atoms with E-state index in [-0.39, 0.29) is 12.5 Å². The van der Waals surface area contributed by atoms with E-state index in [9.17, 15) is 4.79 Å². The standard InChI is InChI=1S/C16H22BrN3OS/c1-11-6-2-4-8-13(11)20-16(22)18-10-15(21)19-14-9-5-3-7-12(14)17/h3,5,7,9,11,13H,2,4,6,8,10H2,1H3,(H,19,21)(H2,18,20,22)/t11-,13+/m1/s1. The lowest BCUT2D eigenvalue weighted by molar-refractivity contribution is -0.115. The number of amides is 1. The van der Waals surface area contributed by atoms with Crippen LogP contribution in [0.4, 0.5) is 5.69 Å². The van der Waals surface area contributed by atoms with Crippen LogP contribution in [0.2, 0.25) is 0 Å². The number of para-hydroxylation sites is 1.